The fraction of sp³-hybridized carbons (Fsp3) is 0.214. The number of hydrogen-bond acceptors (Lipinski definition) is 5. The zero-order valence-electron chi connectivity index (χ0n) is 10.9. The third kappa shape index (κ3) is 3.63. The second-order valence-electron chi connectivity index (χ2n) is 4.06. The molecule has 1 amide bonds. The monoisotopic (exact) mass is 287 g/mol. The zero-order valence-corrected chi connectivity index (χ0v) is 11.7. The van der Waals surface area contributed by atoms with Crippen LogP contribution in [0.3, 0.4) is 0 Å². The van der Waals surface area contributed by atoms with Crippen molar-refractivity contribution >= 4 is 17.2 Å². The summed E-state index contributed by atoms with van der Waals surface area (Å²) in [6.45, 7) is 0.233. The lowest BCUT2D eigenvalue weighted by Crippen LogP contribution is -2.26. The lowest BCUT2D eigenvalue weighted by atomic mass is 10.2. The van der Waals surface area contributed by atoms with Gasteiger partial charge in [0.2, 0.25) is 0 Å². The molecule has 102 valence electrons. The van der Waals surface area contributed by atoms with E-state index in [-0.39, 0.29) is 12.5 Å². The SMILES string of the molecule is CN(Cc1cscn1)C(=O)c1cncc(C#CCO)c1. The molecule has 0 aliphatic carbocycles. The Bertz CT molecular complexity index is 644. The highest BCUT2D eigenvalue weighted by molar-refractivity contribution is 7.07. The summed E-state index contributed by atoms with van der Waals surface area (Å²) in [6, 6.07) is 1.66. The molecule has 2 rings (SSSR count). The lowest BCUT2D eigenvalue weighted by molar-refractivity contribution is 0.0783. The van der Waals surface area contributed by atoms with E-state index in [2.05, 4.69) is 21.8 Å². The van der Waals surface area contributed by atoms with Crippen molar-refractivity contribution in [2.45, 2.75) is 6.54 Å². The molecule has 0 fully saturated rings. The van der Waals surface area contributed by atoms with E-state index >= 15 is 0 Å². The summed E-state index contributed by atoms with van der Waals surface area (Å²) in [7, 11) is 1.72. The Hall–Kier alpha value is -2.23. The number of carbonyl (C=O) groups is 1. The smallest absolute Gasteiger partial charge is 0.255 e. The van der Waals surface area contributed by atoms with Crippen LogP contribution in [0.1, 0.15) is 21.6 Å². The molecule has 2 aromatic heterocycles. The molecule has 20 heavy (non-hydrogen) atoms. The topological polar surface area (TPSA) is 66.3 Å². The van der Waals surface area contributed by atoms with Gasteiger partial charge in [0.05, 0.1) is 23.3 Å². The first-order valence-corrected chi connectivity index (χ1v) is 6.82. The van der Waals surface area contributed by atoms with E-state index < -0.39 is 0 Å². The molecule has 6 heteroatoms. The average molecular weight is 287 g/mol. The van der Waals surface area contributed by atoms with E-state index in [1.54, 1.807) is 29.7 Å². The summed E-state index contributed by atoms with van der Waals surface area (Å²) in [5, 5.41) is 10.6. The Morgan fingerprint density at radius 1 is 1.50 bits per heavy atom. The molecule has 0 unspecified atom stereocenters. The van der Waals surface area contributed by atoms with Crippen LogP contribution in [0.2, 0.25) is 0 Å². The van der Waals surface area contributed by atoms with Crippen molar-refractivity contribution in [3.8, 4) is 11.8 Å². The van der Waals surface area contributed by atoms with E-state index in [4.69, 9.17) is 5.11 Å². The fourth-order valence-electron chi connectivity index (χ4n) is 1.62. The summed E-state index contributed by atoms with van der Waals surface area (Å²) in [6.07, 6.45) is 3.06. The molecule has 0 aliphatic heterocycles. The number of carbonyl (C=O) groups excluding carboxylic acids is 1. The molecule has 5 nitrogen and oxygen atoms in total. The molecular formula is C14H13N3O2S. The van der Waals surface area contributed by atoms with E-state index in [0.29, 0.717) is 17.7 Å². The summed E-state index contributed by atoms with van der Waals surface area (Å²) in [5.74, 6) is 5.12. The first-order chi connectivity index (χ1) is 9.70. The molecule has 1 N–H and O–H groups in total. The minimum Gasteiger partial charge on any atom is -0.384 e. The summed E-state index contributed by atoms with van der Waals surface area (Å²) in [5.41, 5.74) is 3.66. The van der Waals surface area contributed by atoms with Gasteiger partial charge in [-0.2, -0.15) is 0 Å². The second kappa shape index (κ2) is 6.80. The van der Waals surface area contributed by atoms with Crippen LogP contribution in [0.4, 0.5) is 0 Å². The predicted molar refractivity (Wildman–Crippen MR) is 76.1 cm³/mol. The van der Waals surface area contributed by atoms with Gasteiger partial charge in [0, 0.05) is 30.4 Å². The molecule has 0 saturated carbocycles. The van der Waals surface area contributed by atoms with Gasteiger partial charge in [-0.1, -0.05) is 11.8 Å². The van der Waals surface area contributed by atoms with Crippen molar-refractivity contribution in [2.75, 3.05) is 13.7 Å². The quantitative estimate of drug-likeness (QED) is 0.860. The fourth-order valence-corrected chi connectivity index (χ4v) is 2.17. The maximum atomic E-state index is 12.3. The summed E-state index contributed by atoms with van der Waals surface area (Å²) >= 11 is 1.50. The van der Waals surface area contributed by atoms with Crippen LogP contribution in [-0.2, 0) is 6.54 Å². The lowest BCUT2D eigenvalue weighted by Gasteiger charge is -2.15. The van der Waals surface area contributed by atoms with Crippen molar-refractivity contribution in [2.24, 2.45) is 0 Å². The second-order valence-corrected chi connectivity index (χ2v) is 4.78. The van der Waals surface area contributed by atoms with Gasteiger partial charge in [-0.05, 0) is 6.07 Å². The predicted octanol–water partition coefficient (Wildman–Crippen LogP) is 1.15. The number of aromatic nitrogens is 2. The van der Waals surface area contributed by atoms with Crippen LogP contribution in [0.15, 0.2) is 29.4 Å². The van der Waals surface area contributed by atoms with E-state index in [1.165, 1.54) is 17.5 Å². The first-order valence-electron chi connectivity index (χ1n) is 5.88. The van der Waals surface area contributed by atoms with Crippen molar-refractivity contribution < 1.29 is 9.90 Å². The highest BCUT2D eigenvalue weighted by Gasteiger charge is 2.13. The maximum absolute atomic E-state index is 12.3. The van der Waals surface area contributed by atoms with Gasteiger partial charge in [-0.25, -0.2) is 4.98 Å². The van der Waals surface area contributed by atoms with Gasteiger partial charge in [0.15, 0.2) is 0 Å². The van der Waals surface area contributed by atoms with Gasteiger partial charge in [-0.3, -0.25) is 9.78 Å². The highest BCUT2D eigenvalue weighted by atomic mass is 32.1. The van der Waals surface area contributed by atoms with Crippen LogP contribution in [0, 0.1) is 11.8 Å². The van der Waals surface area contributed by atoms with Crippen LogP contribution >= 0.6 is 11.3 Å². The Morgan fingerprint density at radius 2 is 2.35 bits per heavy atom. The number of hydrogen-bond donors (Lipinski definition) is 1. The Kier molecular flexibility index (Phi) is 4.82. The van der Waals surface area contributed by atoms with E-state index in [9.17, 15) is 4.79 Å². The summed E-state index contributed by atoms with van der Waals surface area (Å²) < 4.78 is 0. The minimum absolute atomic E-state index is 0.141. The molecule has 2 heterocycles. The van der Waals surface area contributed by atoms with E-state index in [0.717, 1.165) is 5.69 Å². The summed E-state index contributed by atoms with van der Waals surface area (Å²) in [4.78, 5) is 22.0. The Balaban J connectivity index is 2.12. The number of pyridine rings is 1. The number of amides is 1. The van der Waals surface area contributed by atoms with Crippen molar-refractivity contribution in [1.29, 1.82) is 0 Å². The molecule has 0 aliphatic rings. The number of nitrogens with zero attached hydrogens (tertiary/aromatic N) is 3. The number of aliphatic hydroxyl groups excluding tert-OH is 1. The van der Waals surface area contributed by atoms with Gasteiger partial charge >= 0.3 is 0 Å². The van der Waals surface area contributed by atoms with Crippen molar-refractivity contribution in [3.05, 3.63) is 46.2 Å². The van der Waals surface area contributed by atoms with Gasteiger partial charge in [0.1, 0.15) is 6.61 Å². The number of thiazole rings is 1. The molecule has 0 radical (unpaired) electrons. The van der Waals surface area contributed by atoms with Gasteiger partial charge < -0.3 is 10.0 Å². The minimum atomic E-state index is -0.220. The van der Waals surface area contributed by atoms with E-state index in [1.807, 2.05) is 5.38 Å². The van der Waals surface area contributed by atoms with Crippen molar-refractivity contribution in [1.82, 2.24) is 14.9 Å². The first kappa shape index (κ1) is 14.2. The molecule has 0 saturated heterocycles. The Morgan fingerprint density at radius 3 is 3.05 bits per heavy atom. The van der Waals surface area contributed by atoms with Crippen LogP contribution in [0.5, 0.6) is 0 Å². The molecule has 0 bridgehead atoms. The van der Waals surface area contributed by atoms with Crippen LogP contribution in [0.25, 0.3) is 0 Å². The third-order valence-corrected chi connectivity index (χ3v) is 3.16. The van der Waals surface area contributed by atoms with Crippen molar-refractivity contribution in [3.63, 3.8) is 0 Å². The number of rotatable bonds is 3. The zero-order chi connectivity index (χ0) is 14.4. The van der Waals surface area contributed by atoms with Gasteiger partial charge in [-0.15, -0.1) is 11.3 Å². The molecular weight excluding hydrogens is 274 g/mol. The average Bonchev–Trinajstić information content (AvgIpc) is 2.97. The Labute approximate surface area is 120 Å². The standard InChI is InChI=1S/C14H13N3O2S/c1-17(8-13-9-20-10-16-13)14(19)12-5-11(3-2-4-18)6-15-7-12/h5-7,9-10,18H,4,8H2,1H3. The molecule has 0 atom stereocenters. The highest BCUT2D eigenvalue weighted by Crippen LogP contribution is 2.09. The van der Waals surface area contributed by atoms with Crippen LogP contribution in [-0.4, -0.2) is 39.5 Å². The van der Waals surface area contributed by atoms with Gasteiger partial charge in [0.25, 0.3) is 5.91 Å². The molecule has 2 aromatic rings. The normalized spacial score (nSPS) is 9.70. The molecule has 0 aromatic carbocycles. The third-order valence-electron chi connectivity index (χ3n) is 2.53. The largest absolute Gasteiger partial charge is 0.384 e. The van der Waals surface area contributed by atoms with Crippen LogP contribution < -0.4 is 0 Å². The number of aliphatic hydroxyl groups is 1. The molecule has 0 spiro atoms. The maximum Gasteiger partial charge on any atom is 0.255 e.